The van der Waals surface area contributed by atoms with E-state index in [2.05, 4.69) is 0 Å². The first kappa shape index (κ1) is 8.76. The minimum atomic E-state index is 0.0278. The van der Waals surface area contributed by atoms with Gasteiger partial charge in [0.2, 0.25) is 5.91 Å². The summed E-state index contributed by atoms with van der Waals surface area (Å²) in [5.41, 5.74) is 0. The number of rotatable bonds is 2. The molecule has 0 spiro atoms. The van der Waals surface area contributed by atoms with Crippen LogP contribution in [0.3, 0.4) is 0 Å². The number of alkyl halides is 1. The molecule has 1 amide bonds. The predicted molar refractivity (Wildman–Crippen MR) is 38.4 cm³/mol. The van der Waals surface area contributed by atoms with Gasteiger partial charge in [-0.15, -0.1) is 11.6 Å². The van der Waals surface area contributed by atoms with E-state index in [0.29, 0.717) is 0 Å². The van der Waals surface area contributed by atoms with Crippen molar-refractivity contribution in [1.82, 2.24) is 4.90 Å². The average molecular weight is 150 g/mol. The fraction of sp³-hybridized carbons (Fsp3) is 0.833. The van der Waals surface area contributed by atoms with Crippen molar-refractivity contribution in [2.24, 2.45) is 0 Å². The second kappa shape index (κ2) is 3.72. The maximum Gasteiger partial charge on any atom is 0.220 e. The van der Waals surface area contributed by atoms with Gasteiger partial charge in [-0.3, -0.25) is 4.79 Å². The third-order valence-corrected chi connectivity index (χ3v) is 1.41. The Morgan fingerprint density at radius 2 is 2.11 bits per heavy atom. The lowest BCUT2D eigenvalue weighted by molar-refractivity contribution is -0.129. The van der Waals surface area contributed by atoms with Gasteiger partial charge in [0.1, 0.15) is 0 Å². The monoisotopic (exact) mass is 149 g/mol. The molecule has 0 aromatic carbocycles. The van der Waals surface area contributed by atoms with Crippen molar-refractivity contribution in [3.8, 4) is 0 Å². The number of hydrogen-bond donors (Lipinski definition) is 0. The summed E-state index contributed by atoms with van der Waals surface area (Å²) >= 11 is 5.46. The van der Waals surface area contributed by atoms with Gasteiger partial charge >= 0.3 is 0 Å². The van der Waals surface area contributed by atoms with Crippen LogP contribution in [0.2, 0.25) is 0 Å². The number of carbonyl (C=O) groups is 1. The molecule has 0 aromatic heterocycles. The Balaban J connectivity index is 3.83. The van der Waals surface area contributed by atoms with Crippen molar-refractivity contribution < 1.29 is 4.79 Å². The van der Waals surface area contributed by atoms with Gasteiger partial charge in [0.05, 0.1) is 6.00 Å². The van der Waals surface area contributed by atoms with Crippen molar-refractivity contribution in [2.45, 2.75) is 26.8 Å². The van der Waals surface area contributed by atoms with Crippen LogP contribution in [0, 0.1) is 0 Å². The van der Waals surface area contributed by atoms with Gasteiger partial charge in [-0.25, -0.2) is 0 Å². The zero-order chi connectivity index (χ0) is 7.44. The lowest BCUT2D eigenvalue weighted by atomic mass is 10.3. The van der Waals surface area contributed by atoms with Gasteiger partial charge < -0.3 is 4.90 Å². The van der Waals surface area contributed by atoms with Crippen molar-refractivity contribution in [3.63, 3.8) is 0 Å². The first-order valence-corrected chi connectivity index (χ1v) is 3.46. The predicted octanol–water partition coefficient (Wildman–Crippen LogP) is 1.44. The molecule has 0 rings (SSSR count). The Kier molecular flexibility index (Phi) is 3.62. The second-order valence-electron chi connectivity index (χ2n) is 2.20. The van der Waals surface area contributed by atoms with E-state index in [-0.39, 0.29) is 18.0 Å². The molecule has 0 unspecified atom stereocenters. The summed E-state index contributed by atoms with van der Waals surface area (Å²) in [5, 5.41) is 0. The third kappa shape index (κ3) is 2.70. The second-order valence-corrected chi connectivity index (χ2v) is 2.44. The van der Waals surface area contributed by atoms with Crippen molar-refractivity contribution in [1.29, 1.82) is 0 Å². The van der Waals surface area contributed by atoms with Crippen LogP contribution >= 0.6 is 11.6 Å². The van der Waals surface area contributed by atoms with Gasteiger partial charge in [-0.1, -0.05) is 0 Å². The topological polar surface area (TPSA) is 20.3 Å². The highest BCUT2D eigenvalue weighted by Gasteiger charge is 2.09. The lowest BCUT2D eigenvalue weighted by Gasteiger charge is -2.21. The van der Waals surface area contributed by atoms with Gasteiger partial charge in [0.15, 0.2) is 0 Å². The first-order valence-electron chi connectivity index (χ1n) is 2.92. The highest BCUT2D eigenvalue weighted by molar-refractivity contribution is 6.18. The van der Waals surface area contributed by atoms with Crippen LogP contribution in [0.5, 0.6) is 0 Å². The molecule has 0 saturated heterocycles. The molecule has 2 nitrogen and oxygen atoms in total. The quantitative estimate of drug-likeness (QED) is 0.430. The molecule has 0 aliphatic carbocycles. The summed E-state index contributed by atoms with van der Waals surface area (Å²) in [6.45, 7) is 5.38. The summed E-state index contributed by atoms with van der Waals surface area (Å²) in [6, 6.07) is 0.493. The van der Waals surface area contributed by atoms with Crippen molar-refractivity contribution in [2.75, 3.05) is 6.00 Å². The maximum absolute atomic E-state index is 10.7. The van der Waals surface area contributed by atoms with Crippen LogP contribution in [0.15, 0.2) is 0 Å². The smallest absolute Gasteiger partial charge is 0.220 e. The summed E-state index contributed by atoms with van der Waals surface area (Å²) < 4.78 is 0. The summed E-state index contributed by atoms with van der Waals surface area (Å²) in [7, 11) is 0. The van der Waals surface area contributed by atoms with E-state index in [1.54, 1.807) is 4.90 Å². The number of nitrogens with zero attached hydrogens (tertiary/aromatic N) is 1. The van der Waals surface area contributed by atoms with Crippen molar-refractivity contribution >= 4 is 17.5 Å². The minimum absolute atomic E-state index is 0.0278. The van der Waals surface area contributed by atoms with Gasteiger partial charge in [0, 0.05) is 13.0 Å². The number of amides is 1. The van der Waals surface area contributed by atoms with Crippen molar-refractivity contribution in [3.05, 3.63) is 0 Å². The Morgan fingerprint density at radius 3 is 2.11 bits per heavy atom. The Bertz CT molecular complexity index is 103. The van der Waals surface area contributed by atoms with Crippen LogP contribution in [0.4, 0.5) is 0 Å². The zero-order valence-corrected chi connectivity index (χ0v) is 6.77. The molecule has 0 saturated carbocycles. The van der Waals surface area contributed by atoms with E-state index in [1.807, 2.05) is 13.8 Å². The molecule has 0 aromatic rings. The SMILES string of the molecule is CC(=O)N(CCl)C(C)C. The molecule has 0 aliphatic heterocycles. The molecule has 0 fully saturated rings. The Hall–Kier alpha value is -0.240. The molecular weight excluding hydrogens is 138 g/mol. The van der Waals surface area contributed by atoms with E-state index in [9.17, 15) is 4.79 Å². The van der Waals surface area contributed by atoms with E-state index in [1.165, 1.54) is 6.92 Å². The number of carbonyl (C=O) groups excluding carboxylic acids is 1. The average Bonchev–Trinajstić information content (AvgIpc) is 1.64. The third-order valence-electron chi connectivity index (χ3n) is 1.16. The van der Waals surface area contributed by atoms with E-state index < -0.39 is 0 Å². The summed E-state index contributed by atoms with van der Waals surface area (Å²) in [4.78, 5) is 12.2. The standard InChI is InChI=1S/C6H12ClNO/c1-5(2)8(4-7)6(3)9/h5H,4H2,1-3H3. The molecule has 0 radical (unpaired) electrons. The molecule has 0 N–H and O–H groups in total. The van der Waals surface area contributed by atoms with Gasteiger partial charge in [-0.2, -0.15) is 0 Å². The minimum Gasteiger partial charge on any atom is -0.327 e. The maximum atomic E-state index is 10.7. The van der Waals surface area contributed by atoms with E-state index >= 15 is 0 Å². The molecule has 0 atom stereocenters. The van der Waals surface area contributed by atoms with Crippen LogP contribution < -0.4 is 0 Å². The molecule has 0 aliphatic rings. The van der Waals surface area contributed by atoms with Crippen LogP contribution in [0.1, 0.15) is 20.8 Å². The largest absolute Gasteiger partial charge is 0.327 e. The highest BCUT2D eigenvalue weighted by atomic mass is 35.5. The van der Waals surface area contributed by atoms with E-state index in [0.717, 1.165) is 0 Å². The van der Waals surface area contributed by atoms with Crippen LogP contribution in [-0.2, 0) is 4.79 Å². The molecule has 0 heterocycles. The molecule has 54 valence electrons. The fourth-order valence-electron chi connectivity index (χ4n) is 0.586. The normalized spacial score (nSPS) is 9.89. The Labute approximate surface area is 60.8 Å². The summed E-state index contributed by atoms with van der Waals surface area (Å²) in [5.74, 6) is 0.0278. The zero-order valence-electron chi connectivity index (χ0n) is 6.02. The lowest BCUT2D eigenvalue weighted by Crippen LogP contribution is -2.33. The molecule has 9 heavy (non-hydrogen) atoms. The highest BCUT2D eigenvalue weighted by Crippen LogP contribution is 1.98. The van der Waals surface area contributed by atoms with Crippen LogP contribution in [-0.4, -0.2) is 22.9 Å². The van der Waals surface area contributed by atoms with Crippen LogP contribution in [0.25, 0.3) is 0 Å². The van der Waals surface area contributed by atoms with E-state index in [4.69, 9.17) is 11.6 Å². The fourth-order valence-corrected chi connectivity index (χ4v) is 1.03. The summed E-state index contributed by atoms with van der Waals surface area (Å²) in [6.07, 6.45) is 0. The first-order chi connectivity index (χ1) is 4.09. The van der Waals surface area contributed by atoms with Gasteiger partial charge in [-0.05, 0) is 13.8 Å². The Morgan fingerprint density at radius 1 is 1.67 bits per heavy atom. The molecular formula is C6H12ClNO. The number of halogens is 1. The molecule has 0 bridgehead atoms. The number of hydrogen-bond acceptors (Lipinski definition) is 1. The molecule has 3 heteroatoms. The van der Waals surface area contributed by atoms with Gasteiger partial charge in [0.25, 0.3) is 0 Å².